The van der Waals surface area contributed by atoms with Gasteiger partial charge in [0.1, 0.15) is 5.82 Å². The van der Waals surface area contributed by atoms with Crippen LogP contribution in [0.3, 0.4) is 0 Å². The van der Waals surface area contributed by atoms with Crippen LogP contribution in [0.4, 0.5) is 4.39 Å². The first-order chi connectivity index (χ1) is 9.75. The minimum atomic E-state index is -0.151. The van der Waals surface area contributed by atoms with Crippen LogP contribution in [0.25, 0.3) is 0 Å². The Morgan fingerprint density at radius 2 is 1.91 bits per heavy atom. The molecule has 2 aromatic rings. The molecule has 0 amide bonds. The topological polar surface area (TPSA) is 15.3 Å². The molecule has 2 heterocycles. The Balaban J connectivity index is 0.00000121. The normalized spacial score (nSPS) is 16.5. The van der Waals surface area contributed by atoms with Crippen LogP contribution in [0, 0.1) is 12.7 Å². The molecule has 1 aliphatic rings. The quantitative estimate of drug-likeness (QED) is 0.886. The van der Waals surface area contributed by atoms with E-state index >= 15 is 0 Å². The van der Waals surface area contributed by atoms with Crippen LogP contribution in [0.5, 0.6) is 0 Å². The monoisotopic (exact) mass is 362 g/mol. The van der Waals surface area contributed by atoms with Gasteiger partial charge in [0.15, 0.2) is 0 Å². The third-order valence-corrected chi connectivity index (χ3v) is 4.79. The highest BCUT2D eigenvalue weighted by atomic mass is 35.5. The average molecular weight is 363 g/mol. The van der Waals surface area contributed by atoms with Gasteiger partial charge in [0.05, 0.1) is 6.04 Å². The van der Waals surface area contributed by atoms with Crippen molar-refractivity contribution in [3.63, 3.8) is 0 Å². The van der Waals surface area contributed by atoms with Crippen LogP contribution in [0.1, 0.15) is 22.0 Å². The highest BCUT2D eigenvalue weighted by Gasteiger charge is 2.26. The van der Waals surface area contributed by atoms with Crippen molar-refractivity contribution in [3.05, 3.63) is 57.5 Å². The van der Waals surface area contributed by atoms with Crippen molar-refractivity contribution in [2.75, 3.05) is 26.2 Å². The maximum absolute atomic E-state index is 13.7. The molecule has 0 unspecified atom stereocenters. The second-order valence-electron chi connectivity index (χ2n) is 5.20. The molecule has 2 nitrogen and oxygen atoms in total. The van der Waals surface area contributed by atoms with E-state index in [1.807, 2.05) is 6.07 Å². The maximum Gasteiger partial charge on any atom is 0.123 e. The van der Waals surface area contributed by atoms with Crippen LogP contribution in [0.2, 0.25) is 0 Å². The smallest absolute Gasteiger partial charge is 0.123 e. The molecule has 3 rings (SSSR count). The van der Waals surface area contributed by atoms with E-state index in [0.29, 0.717) is 0 Å². The molecular weight excluding hydrogens is 342 g/mol. The number of hydrogen-bond acceptors (Lipinski definition) is 3. The van der Waals surface area contributed by atoms with E-state index in [4.69, 9.17) is 0 Å². The van der Waals surface area contributed by atoms with E-state index < -0.39 is 0 Å². The number of nitrogens with zero attached hydrogens (tertiary/aromatic N) is 1. The first-order valence-corrected chi connectivity index (χ1v) is 7.88. The Kier molecular flexibility index (Phi) is 7.80. The fraction of sp³-hybridized carbons (Fsp3) is 0.375. The van der Waals surface area contributed by atoms with Gasteiger partial charge in [0.25, 0.3) is 0 Å². The Morgan fingerprint density at radius 3 is 2.55 bits per heavy atom. The first kappa shape index (κ1) is 19.4. The summed E-state index contributed by atoms with van der Waals surface area (Å²) >= 11 is 1.75. The molecular formula is C16H21Cl2FN2S. The van der Waals surface area contributed by atoms with Gasteiger partial charge in [0.2, 0.25) is 0 Å². The van der Waals surface area contributed by atoms with E-state index in [0.717, 1.165) is 37.3 Å². The van der Waals surface area contributed by atoms with Gasteiger partial charge >= 0.3 is 0 Å². The van der Waals surface area contributed by atoms with Crippen molar-refractivity contribution >= 4 is 36.2 Å². The molecule has 122 valence electrons. The Labute approximate surface area is 147 Å². The van der Waals surface area contributed by atoms with Gasteiger partial charge in [-0.2, -0.15) is 0 Å². The van der Waals surface area contributed by atoms with Gasteiger partial charge in [-0.05, 0) is 41.6 Å². The first-order valence-electron chi connectivity index (χ1n) is 7.00. The SMILES string of the molecule is Cc1ccc(F)cc1[C@@H](c1cccs1)N1CCNCC1.Cl.Cl. The number of piperazine rings is 1. The molecule has 6 heteroatoms. The molecule has 0 saturated carbocycles. The van der Waals surface area contributed by atoms with Crippen LogP contribution in [0.15, 0.2) is 35.7 Å². The largest absolute Gasteiger partial charge is 0.314 e. The molecule has 1 atom stereocenters. The summed E-state index contributed by atoms with van der Waals surface area (Å²) in [5.74, 6) is -0.151. The van der Waals surface area contributed by atoms with Crippen molar-refractivity contribution in [3.8, 4) is 0 Å². The lowest BCUT2D eigenvalue weighted by molar-refractivity contribution is 0.200. The number of aryl methyl sites for hydroxylation is 1. The lowest BCUT2D eigenvalue weighted by Crippen LogP contribution is -2.45. The Hall–Kier alpha value is -0.650. The molecule has 1 saturated heterocycles. The van der Waals surface area contributed by atoms with E-state index in [-0.39, 0.29) is 36.7 Å². The number of hydrogen-bond donors (Lipinski definition) is 1. The van der Waals surface area contributed by atoms with E-state index in [1.54, 1.807) is 23.5 Å². The van der Waals surface area contributed by atoms with Gasteiger partial charge in [0, 0.05) is 31.1 Å². The summed E-state index contributed by atoms with van der Waals surface area (Å²) in [6.07, 6.45) is 0. The zero-order valence-corrected chi connectivity index (χ0v) is 14.9. The molecule has 0 spiro atoms. The zero-order chi connectivity index (χ0) is 13.9. The van der Waals surface area contributed by atoms with Crippen LogP contribution >= 0.6 is 36.2 Å². The van der Waals surface area contributed by atoms with Gasteiger partial charge in [-0.25, -0.2) is 4.39 Å². The summed E-state index contributed by atoms with van der Waals surface area (Å²) < 4.78 is 13.7. The second kappa shape index (κ2) is 8.85. The van der Waals surface area contributed by atoms with Crippen LogP contribution in [-0.2, 0) is 0 Å². The summed E-state index contributed by atoms with van der Waals surface area (Å²) in [5, 5.41) is 5.48. The van der Waals surface area contributed by atoms with E-state index in [2.05, 4.69) is 34.7 Å². The summed E-state index contributed by atoms with van der Waals surface area (Å²) in [6, 6.07) is 9.52. The van der Waals surface area contributed by atoms with E-state index in [9.17, 15) is 4.39 Å². The van der Waals surface area contributed by atoms with Gasteiger partial charge in [-0.3, -0.25) is 4.90 Å². The minimum Gasteiger partial charge on any atom is -0.314 e. The maximum atomic E-state index is 13.7. The Bertz CT molecular complexity index is 572. The van der Waals surface area contributed by atoms with Crippen molar-refractivity contribution in [2.45, 2.75) is 13.0 Å². The molecule has 0 bridgehead atoms. The van der Waals surface area contributed by atoms with Crippen LogP contribution in [-0.4, -0.2) is 31.1 Å². The minimum absolute atomic E-state index is 0. The highest BCUT2D eigenvalue weighted by Crippen LogP contribution is 2.34. The number of nitrogens with one attached hydrogen (secondary N) is 1. The molecule has 0 radical (unpaired) electrons. The fourth-order valence-corrected chi connectivity index (χ4v) is 3.70. The molecule has 22 heavy (non-hydrogen) atoms. The molecule has 1 aromatic carbocycles. The fourth-order valence-electron chi connectivity index (χ4n) is 2.82. The van der Waals surface area contributed by atoms with Gasteiger partial charge in [-0.1, -0.05) is 12.1 Å². The lowest BCUT2D eigenvalue weighted by Gasteiger charge is -2.35. The zero-order valence-electron chi connectivity index (χ0n) is 12.4. The number of benzene rings is 1. The second-order valence-corrected chi connectivity index (χ2v) is 6.18. The number of thiophene rings is 1. The van der Waals surface area contributed by atoms with Crippen LogP contribution < -0.4 is 5.32 Å². The lowest BCUT2D eigenvalue weighted by atomic mass is 9.98. The summed E-state index contributed by atoms with van der Waals surface area (Å²) in [4.78, 5) is 3.74. The molecule has 0 aliphatic carbocycles. The third kappa shape index (κ3) is 4.21. The summed E-state index contributed by atoms with van der Waals surface area (Å²) in [5.41, 5.74) is 2.25. The van der Waals surface area contributed by atoms with Crippen molar-refractivity contribution < 1.29 is 4.39 Å². The van der Waals surface area contributed by atoms with E-state index in [1.165, 1.54) is 4.88 Å². The van der Waals surface area contributed by atoms with Crippen molar-refractivity contribution in [2.24, 2.45) is 0 Å². The molecule has 1 fully saturated rings. The summed E-state index contributed by atoms with van der Waals surface area (Å²) in [7, 11) is 0. The molecule has 1 aromatic heterocycles. The third-order valence-electron chi connectivity index (χ3n) is 3.87. The molecule has 1 N–H and O–H groups in total. The predicted octanol–water partition coefficient (Wildman–Crippen LogP) is 4.03. The number of rotatable bonds is 3. The average Bonchev–Trinajstić information content (AvgIpc) is 2.98. The van der Waals surface area contributed by atoms with Gasteiger partial charge < -0.3 is 5.32 Å². The summed E-state index contributed by atoms with van der Waals surface area (Å²) in [6.45, 7) is 6.06. The van der Waals surface area contributed by atoms with Crippen molar-refractivity contribution in [1.29, 1.82) is 0 Å². The highest BCUT2D eigenvalue weighted by molar-refractivity contribution is 7.10. The predicted molar refractivity (Wildman–Crippen MR) is 96.2 cm³/mol. The Morgan fingerprint density at radius 1 is 1.18 bits per heavy atom. The van der Waals surface area contributed by atoms with Gasteiger partial charge in [-0.15, -0.1) is 36.2 Å². The number of halogens is 3. The standard InChI is InChI=1S/C16H19FN2S.2ClH/c1-12-4-5-13(17)11-14(12)16(15-3-2-10-20-15)19-8-6-18-7-9-19;;/h2-5,10-11,16,18H,6-9H2,1H3;2*1H/t16-;;/m0../s1. The molecule has 1 aliphatic heterocycles. The van der Waals surface area contributed by atoms with Crippen molar-refractivity contribution in [1.82, 2.24) is 10.2 Å².